The van der Waals surface area contributed by atoms with E-state index in [0.29, 0.717) is 24.9 Å². The van der Waals surface area contributed by atoms with Gasteiger partial charge in [-0.2, -0.15) is 0 Å². The third kappa shape index (κ3) is 5.93. The quantitative estimate of drug-likeness (QED) is 0.486. The highest BCUT2D eigenvalue weighted by Crippen LogP contribution is 2.25. The van der Waals surface area contributed by atoms with Gasteiger partial charge in [0.2, 0.25) is 10.0 Å². The zero-order chi connectivity index (χ0) is 16.7. The molecule has 2 N–H and O–H groups in total. The normalized spacial score (nSPS) is 23.1. The molecule has 2 aliphatic rings. The monoisotopic (exact) mass is 346 g/mol. The molecule has 0 amide bonds. The van der Waals surface area contributed by atoms with Crippen molar-refractivity contribution < 1.29 is 13.2 Å². The number of sulfonamides is 1. The van der Waals surface area contributed by atoms with Gasteiger partial charge in [0.15, 0.2) is 5.96 Å². The van der Waals surface area contributed by atoms with Crippen LogP contribution in [0, 0.1) is 11.8 Å². The van der Waals surface area contributed by atoms with Gasteiger partial charge in [0.1, 0.15) is 0 Å². The first kappa shape index (κ1) is 18.5. The molecule has 0 bridgehead atoms. The maximum atomic E-state index is 12.0. The summed E-state index contributed by atoms with van der Waals surface area (Å²) in [4.78, 5) is 6.42. The van der Waals surface area contributed by atoms with Crippen LogP contribution >= 0.6 is 0 Å². The third-order valence-electron chi connectivity index (χ3n) is 4.67. The fourth-order valence-corrected chi connectivity index (χ4v) is 4.04. The summed E-state index contributed by atoms with van der Waals surface area (Å²) in [6.07, 6.45) is 4.59. The number of hydrogen-bond acceptors (Lipinski definition) is 4. The second-order valence-corrected chi connectivity index (χ2v) is 8.42. The maximum Gasteiger partial charge on any atom is 0.213 e. The number of hydrogen-bond donors (Lipinski definition) is 2. The summed E-state index contributed by atoms with van der Waals surface area (Å²) in [7, 11) is 0.245. The van der Waals surface area contributed by atoms with Crippen molar-refractivity contribution in [2.24, 2.45) is 16.8 Å². The van der Waals surface area contributed by atoms with Gasteiger partial charge in [-0.3, -0.25) is 4.99 Å². The number of nitrogens with one attached hydrogen (secondary N) is 2. The molecule has 0 aromatic rings. The van der Waals surface area contributed by atoms with Gasteiger partial charge >= 0.3 is 0 Å². The van der Waals surface area contributed by atoms with Crippen molar-refractivity contribution in [1.29, 1.82) is 0 Å². The van der Waals surface area contributed by atoms with E-state index in [1.54, 1.807) is 14.2 Å². The van der Waals surface area contributed by atoms with E-state index in [-0.39, 0.29) is 5.75 Å². The van der Waals surface area contributed by atoms with E-state index in [4.69, 9.17) is 4.74 Å². The van der Waals surface area contributed by atoms with Crippen molar-refractivity contribution in [2.45, 2.75) is 25.7 Å². The molecule has 2 rings (SSSR count). The Labute approximate surface area is 139 Å². The minimum Gasteiger partial charge on any atom is -0.384 e. The summed E-state index contributed by atoms with van der Waals surface area (Å²) < 4.78 is 31.9. The Kier molecular flexibility index (Phi) is 7.10. The Hall–Kier alpha value is -0.860. The Balaban J connectivity index is 1.68. The lowest BCUT2D eigenvalue weighted by molar-refractivity contribution is 0.157. The topological polar surface area (TPSA) is 83.0 Å². The summed E-state index contributed by atoms with van der Waals surface area (Å²) >= 11 is 0. The van der Waals surface area contributed by atoms with E-state index < -0.39 is 10.0 Å². The molecule has 1 saturated heterocycles. The number of rotatable bonds is 8. The maximum absolute atomic E-state index is 12.0. The molecule has 0 radical (unpaired) electrons. The number of likely N-dealkylation sites (tertiary alicyclic amines) is 1. The van der Waals surface area contributed by atoms with Crippen molar-refractivity contribution in [3.63, 3.8) is 0 Å². The second-order valence-electron chi connectivity index (χ2n) is 6.49. The highest BCUT2D eigenvalue weighted by Gasteiger charge is 2.25. The van der Waals surface area contributed by atoms with Gasteiger partial charge in [0, 0.05) is 46.3 Å². The molecule has 1 saturated carbocycles. The second kappa shape index (κ2) is 8.84. The molecule has 0 aromatic heterocycles. The van der Waals surface area contributed by atoms with Crippen LogP contribution in [-0.4, -0.2) is 72.0 Å². The zero-order valence-corrected chi connectivity index (χ0v) is 15.1. The average molecular weight is 346 g/mol. The smallest absolute Gasteiger partial charge is 0.213 e. The van der Waals surface area contributed by atoms with Crippen molar-refractivity contribution in [3.05, 3.63) is 0 Å². The molecule has 0 spiro atoms. The first-order chi connectivity index (χ1) is 11.0. The summed E-state index contributed by atoms with van der Waals surface area (Å²) in [6.45, 7) is 3.55. The fourth-order valence-electron chi connectivity index (χ4n) is 3.04. The van der Waals surface area contributed by atoms with E-state index >= 15 is 0 Å². The number of aliphatic imine (C=N–C) groups is 1. The SMILES string of the molecule is CN=C(NCCS(=O)(=O)NCC1CCC1)N1CCC(COC)C1. The molecule has 1 aliphatic heterocycles. The van der Waals surface area contributed by atoms with Crippen LogP contribution in [0.5, 0.6) is 0 Å². The summed E-state index contributed by atoms with van der Waals surface area (Å²) in [5.41, 5.74) is 0. The van der Waals surface area contributed by atoms with Crippen LogP contribution < -0.4 is 10.0 Å². The molecule has 23 heavy (non-hydrogen) atoms. The standard InChI is InChI=1S/C15H30N4O3S/c1-16-15(19-8-6-14(11-19)12-22-2)17-7-9-23(20,21)18-10-13-4-3-5-13/h13-14,18H,3-12H2,1-2H3,(H,16,17). The lowest BCUT2D eigenvalue weighted by Crippen LogP contribution is -2.43. The Morgan fingerprint density at radius 1 is 1.30 bits per heavy atom. The van der Waals surface area contributed by atoms with E-state index in [1.165, 1.54) is 6.42 Å². The van der Waals surface area contributed by atoms with Crippen LogP contribution in [0.4, 0.5) is 0 Å². The van der Waals surface area contributed by atoms with Gasteiger partial charge < -0.3 is 15.0 Å². The highest BCUT2D eigenvalue weighted by atomic mass is 32.2. The predicted octanol–water partition coefficient (Wildman–Crippen LogP) is 0.250. The number of methoxy groups -OCH3 is 1. The van der Waals surface area contributed by atoms with Crippen molar-refractivity contribution in [1.82, 2.24) is 14.9 Å². The van der Waals surface area contributed by atoms with E-state index in [9.17, 15) is 8.42 Å². The number of nitrogens with zero attached hydrogens (tertiary/aromatic N) is 2. The van der Waals surface area contributed by atoms with Gasteiger partial charge in [-0.05, 0) is 25.2 Å². The zero-order valence-electron chi connectivity index (χ0n) is 14.3. The first-order valence-electron chi connectivity index (χ1n) is 8.46. The Morgan fingerprint density at radius 2 is 2.09 bits per heavy atom. The van der Waals surface area contributed by atoms with Gasteiger partial charge in [0.05, 0.1) is 12.4 Å². The van der Waals surface area contributed by atoms with E-state index in [1.807, 2.05) is 0 Å². The fraction of sp³-hybridized carbons (Fsp3) is 0.933. The molecule has 134 valence electrons. The van der Waals surface area contributed by atoms with Crippen molar-refractivity contribution in [3.8, 4) is 0 Å². The first-order valence-corrected chi connectivity index (χ1v) is 10.1. The van der Waals surface area contributed by atoms with Crippen LogP contribution in [0.15, 0.2) is 4.99 Å². The lowest BCUT2D eigenvalue weighted by atomic mass is 9.86. The summed E-state index contributed by atoms with van der Waals surface area (Å²) in [5.74, 6) is 1.91. The predicted molar refractivity (Wildman–Crippen MR) is 92.0 cm³/mol. The lowest BCUT2D eigenvalue weighted by Gasteiger charge is -2.25. The molecule has 7 nitrogen and oxygen atoms in total. The molecule has 8 heteroatoms. The molecule has 0 aromatic carbocycles. The third-order valence-corrected chi connectivity index (χ3v) is 6.02. The van der Waals surface area contributed by atoms with Crippen LogP contribution in [0.3, 0.4) is 0 Å². The minimum absolute atomic E-state index is 0.0775. The highest BCUT2D eigenvalue weighted by molar-refractivity contribution is 7.89. The van der Waals surface area contributed by atoms with Gasteiger partial charge in [0.25, 0.3) is 0 Å². The minimum atomic E-state index is -3.21. The van der Waals surface area contributed by atoms with Crippen LogP contribution in [0.25, 0.3) is 0 Å². The summed E-state index contributed by atoms with van der Waals surface area (Å²) in [6, 6.07) is 0. The molecular weight excluding hydrogens is 316 g/mol. The molecule has 1 aliphatic carbocycles. The molecule has 1 unspecified atom stereocenters. The van der Waals surface area contributed by atoms with Crippen LogP contribution in [0.2, 0.25) is 0 Å². The van der Waals surface area contributed by atoms with Gasteiger partial charge in [-0.1, -0.05) is 6.42 Å². The Morgan fingerprint density at radius 3 is 2.70 bits per heavy atom. The Bertz CT molecular complexity index is 491. The van der Waals surface area contributed by atoms with Gasteiger partial charge in [-0.25, -0.2) is 13.1 Å². The van der Waals surface area contributed by atoms with E-state index in [2.05, 4.69) is 19.9 Å². The van der Waals surface area contributed by atoms with Crippen LogP contribution in [0.1, 0.15) is 25.7 Å². The average Bonchev–Trinajstić information content (AvgIpc) is 2.90. The van der Waals surface area contributed by atoms with Gasteiger partial charge in [-0.15, -0.1) is 0 Å². The molecule has 1 atom stereocenters. The number of ether oxygens (including phenoxy) is 1. The number of guanidine groups is 1. The largest absolute Gasteiger partial charge is 0.384 e. The van der Waals surface area contributed by atoms with Crippen LogP contribution in [-0.2, 0) is 14.8 Å². The van der Waals surface area contributed by atoms with E-state index in [0.717, 1.165) is 44.9 Å². The molecule has 1 heterocycles. The van der Waals surface area contributed by atoms with Crippen molar-refractivity contribution in [2.75, 3.05) is 52.7 Å². The van der Waals surface area contributed by atoms with Crippen molar-refractivity contribution >= 4 is 16.0 Å². The summed E-state index contributed by atoms with van der Waals surface area (Å²) in [5, 5.41) is 3.16. The molecular formula is C15H30N4O3S. The molecule has 2 fully saturated rings.